The third-order valence-corrected chi connectivity index (χ3v) is 5.18. The predicted octanol–water partition coefficient (Wildman–Crippen LogP) is 1.94. The van der Waals surface area contributed by atoms with Crippen molar-refractivity contribution in [3.63, 3.8) is 0 Å². The summed E-state index contributed by atoms with van der Waals surface area (Å²) in [5.74, 6) is 0.492. The highest BCUT2D eigenvalue weighted by Crippen LogP contribution is 2.60. The zero-order valence-corrected chi connectivity index (χ0v) is 9.91. The topological polar surface area (TPSA) is 43.4 Å². The minimum Gasteiger partial charge on any atom is -0.465 e. The Morgan fingerprint density at radius 2 is 2.06 bits per heavy atom. The van der Waals surface area contributed by atoms with Crippen LogP contribution in [0, 0.1) is 22.7 Å². The first kappa shape index (κ1) is 10.3. The summed E-state index contributed by atoms with van der Waals surface area (Å²) in [5, 5.41) is 0. The van der Waals surface area contributed by atoms with Crippen molar-refractivity contribution in [3.8, 4) is 0 Å². The largest absolute Gasteiger partial charge is 0.465 e. The number of esters is 1. The Morgan fingerprint density at radius 1 is 1.31 bits per heavy atom. The molecule has 2 aliphatic carbocycles. The van der Waals surface area contributed by atoms with Crippen LogP contribution in [0.4, 0.5) is 0 Å². The fourth-order valence-corrected chi connectivity index (χ4v) is 4.15. The van der Waals surface area contributed by atoms with Gasteiger partial charge in [-0.15, -0.1) is 0 Å². The standard InChI is InChI=1S/C13H18O3/c1-12-6-9(14)13(2)5-3-4-8(13)10(12)11(15)16-7-12/h8,10H,3-7H2,1-2H3/t8-,10-,12-,13-/m0/s1. The molecule has 16 heavy (non-hydrogen) atoms. The maximum absolute atomic E-state index is 12.3. The first-order chi connectivity index (χ1) is 7.47. The van der Waals surface area contributed by atoms with Gasteiger partial charge < -0.3 is 4.74 Å². The fraction of sp³-hybridized carbons (Fsp3) is 0.846. The summed E-state index contributed by atoms with van der Waals surface area (Å²) < 4.78 is 5.21. The highest BCUT2D eigenvalue weighted by molar-refractivity contribution is 5.90. The molecule has 3 heteroatoms. The van der Waals surface area contributed by atoms with Gasteiger partial charge in [0.05, 0.1) is 12.5 Å². The molecule has 3 fully saturated rings. The Bertz CT molecular complexity index is 375. The number of Topliss-reactive ketones (excluding diaryl/α,β-unsaturated/α-hetero) is 1. The van der Waals surface area contributed by atoms with Crippen LogP contribution in [0.25, 0.3) is 0 Å². The zero-order chi connectivity index (χ0) is 11.6. The quantitative estimate of drug-likeness (QED) is 0.588. The third kappa shape index (κ3) is 1.04. The van der Waals surface area contributed by atoms with Crippen molar-refractivity contribution in [2.24, 2.45) is 22.7 Å². The molecule has 0 N–H and O–H groups in total. The maximum atomic E-state index is 12.3. The highest BCUT2D eigenvalue weighted by Gasteiger charge is 2.63. The summed E-state index contributed by atoms with van der Waals surface area (Å²) in [7, 11) is 0. The van der Waals surface area contributed by atoms with Crippen LogP contribution in [-0.4, -0.2) is 18.4 Å². The van der Waals surface area contributed by atoms with Gasteiger partial charge in [0.25, 0.3) is 0 Å². The smallest absolute Gasteiger partial charge is 0.309 e. The van der Waals surface area contributed by atoms with Crippen LogP contribution < -0.4 is 0 Å². The molecule has 2 saturated carbocycles. The lowest BCUT2D eigenvalue weighted by atomic mass is 9.55. The maximum Gasteiger partial charge on any atom is 0.309 e. The van der Waals surface area contributed by atoms with Crippen molar-refractivity contribution in [3.05, 3.63) is 0 Å². The van der Waals surface area contributed by atoms with Gasteiger partial charge in [0.2, 0.25) is 0 Å². The van der Waals surface area contributed by atoms with Crippen molar-refractivity contribution in [2.75, 3.05) is 6.61 Å². The molecule has 0 aromatic heterocycles. The van der Waals surface area contributed by atoms with E-state index in [-0.39, 0.29) is 28.6 Å². The molecular formula is C13H18O3. The lowest BCUT2D eigenvalue weighted by Crippen LogP contribution is -2.50. The van der Waals surface area contributed by atoms with E-state index in [1.165, 1.54) is 0 Å². The molecule has 3 rings (SSSR count). The van der Waals surface area contributed by atoms with E-state index in [0.717, 1.165) is 19.3 Å². The summed E-state index contributed by atoms with van der Waals surface area (Å²) in [6.07, 6.45) is 3.57. The lowest BCUT2D eigenvalue weighted by molar-refractivity contribution is -0.149. The van der Waals surface area contributed by atoms with Crippen LogP contribution in [0.2, 0.25) is 0 Å². The molecule has 1 heterocycles. The van der Waals surface area contributed by atoms with Crippen molar-refractivity contribution in [1.82, 2.24) is 0 Å². The van der Waals surface area contributed by atoms with E-state index >= 15 is 0 Å². The number of ether oxygens (including phenoxy) is 1. The third-order valence-electron chi connectivity index (χ3n) is 5.18. The van der Waals surface area contributed by atoms with Gasteiger partial charge in [-0.2, -0.15) is 0 Å². The fourth-order valence-electron chi connectivity index (χ4n) is 4.15. The molecule has 3 aliphatic rings. The predicted molar refractivity (Wildman–Crippen MR) is 57.6 cm³/mol. The number of carbonyl (C=O) groups excluding carboxylic acids is 2. The van der Waals surface area contributed by atoms with Crippen molar-refractivity contribution >= 4 is 11.8 Å². The Hall–Kier alpha value is -0.860. The molecule has 4 atom stereocenters. The number of rotatable bonds is 0. The van der Waals surface area contributed by atoms with Gasteiger partial charge in [-0.05, 0) is 18.8 Å². The molecule has 0 aromatic carbocycles. The van der Waals surface area contributed by atoms with Gasteiger partial charge in [-0.1, -0.05) is 20.3 Å². The van der Waals surface area contributed by atoms with E-state index in [2.05, 4.69) is 6.92 Å². The number of cyclic esters (lactones) is 1. The van der Waals surface area contributed by atoms with Crippen LogP contribution in [0.3, 0.4) is 0 Å². The number of ketones is 1. The van der Waals surface area contributed by atoms with Gasteiger partial charge in [0.15, 0.2) is 0 Å². The summed E-state index contributed by atoms with van der Waals surface area (Å²) in [6.45, 7) is 4.53. The Morgan fingerprint density at radius 3 is 2.81 bits per heavy atom. The van der Waals surface area contributed by atoms with Gasteiger partial charge in [-0.3, -0.25) is 9.59 Å². The number of hydrogen-bond donors (Lipinski definition) is 0. The van der Waals surface area contributed by atoms with E-state index < -0.39 is 0 Å². The van der Waals surface area contributed by atoms with Gasteiger partial charge in [-0.25, -0.2) is 0 Å². The van der Waals surface area contributed by atoms with Crippen molar-refractivity contribution in [2.45, 2.75) is 39.5 Å². The summed E-state index contributed by atoms with van der Waals surface area (Å²) >= 11 is 0. The molecular weight excluding hydrogens is 204 g/mol. The molecule has 1 saturated heterocycles. The first-order valence-electron chi connectivity index (χ1n) is 6.17. The SMILES string of the molecule is C[C@]12COC(=O)[C@@H]1[C@@H]1CCC[C@]1(C)C(=O)C2. The van der Waals surface area contributed by atoms with Crippen molar-refractivity contribution < 1.29 is 14.3 Å². The molecule has 3 nitrogen and oxygen atoms in total. The minimum absolute atomic E-state index is 0.0299. The van der Waals surface area contributed by atoms with E-state index in [4.69, 9.17) is 4.74 Å². The minimum atomic E-state index is -0.243. The molecule has 1 aliphatic heterocycles. The number of hydrogen-bond acceptors (Lipinski definition) is 3. The first-order valence-corrected chi connectivity index (χ1v) is 6.17. The molecule has 0 aromatic rings. The van der Waals surface area contributed by atoms with Gasteiger partial charge >= 0.3 is 5.97 Å². The van der Waals surface area contributed by atoms with E-state index in [0.29, 0.717) is 18.8 Å². The second-order valence-corrected chi connectivity index (χ2v) is 6.26. The summed E-state index contributed by atoms with van der Waals surface area (Å²) in [4.78, 5) is 24.2. The van der Waals surface area contributed by atoms with E-state index in [1.54, 1.807) is 0 Å². The van der Waals surface area contributed by atoms with E-state index in [1.807, 2.05) is 6.92 Å². The van der Waals surface area contributed by atoms with E-state index in [9.17, 15) is 9.59 Å². The number of carbonyl (C=O) groups is 2. The molecule has 88 valence electrons. The zero-order valence-electron chi connectivity index (χ0n) is 9.91. The second kappa shape index (κ2) is 2.88. The van der Waals surface area contributed by atoms with Crippen LogP contribution >= 0.6 is 0 Å². The number of fused-ring (bicyclic) bond motifs is 3. The second-order valence-electron chi connectivity index (χ2n) is 6.26. The Balaban J connectivity index is 2.06. The van der Waals surface area contributed by atoms with Crippen molar-refractivity contribution in [1.29, 1.82) is 0 Å². The van der Waals surface area contributed by atoms with Crippen LogP contribution in [-0.2, 0) is 14.3 Å². The lowest BCUT2D eigenvalue weighted by Gasteiger charge is -2.44. The van der Waals surface area contributed by atoms with Gasteiger partial charge in [0, 0.05) is 17.3 Å². The van der Waals surface area contributed by atoms with Gasteiger partial charge in [0.1, 0.15) is 5.78 Å². The monoisotopic (exact) mass is 222 g/mol. The molecule has 0 spiro atoms. The summed E-state index contributed by atoms with van der Waals surface area (Å²) in [6, 6.07) is 0. The normalized spacial score (nSPS) is 51.1. The average molecular weight is 222 g/mol. The Kier molecular flexibility index (Phi) is 1.85. The van der Waals surface area contributed by atoms with Crippen LogP contribution in [0.5, 0.6) is 0 Å². The Labute approximate surface area is 95.5 Å². The summed E-state index contributed by atoms with van der Waals surface area (Å²) in [5.41, 5.74) is -0.462. The highest BCUT2D eigenvalue weighted by atomic mass is 16.5. The molecule has 0 unspecified atom stereocenters. The van der Waals surface area contributed by atoms with Crippen LogP contribution in [0.1, 0.15) is 39.5 Å². The molecule has 0 radical (unpaired) electrons. The molecule has 0 bridgehead atoms. The average Bonchev–Trinajstić information content (AvgIpc) is 2.70. The van der Waals surface area contributed by atoms with Crippen LogP contribution in [0.15, 0.2) is 0 Å². The molecule has 0 amide bonds.